The maximum Gasteiger partial charge on any atom is 0.213 e. The van der Waals surface area contributed by atoms with Crippen LogP contribution in [-0.2, 0) is 0 Å². The number of hydrogen-bond acceptors (Lipinski definition) is 6. The van der Waals surface area contributed by atoms with Crippen LogP contribution in [0.15, 0.2) is 55.0 Å². The molecule has 3 rings (SSSR count). The van der Waals surface area contributed by atoms with Crippen molar-refractivity contribution in [3.63, 3.8) is 0 Å². The summed E-state index contributed by atoms with van der Waals surface area (Å²) in [6.45, 7) is 0. The second-order valence-corrected chi connectivity index (χ2v) is 4.19. The van der Waals surface area contributed by atoms with E-state index in [1.807, 2.05) is 30.3 Å². The van der Waals surface area contributed by atoms with E-state index >= 15 is 0 Å². The van der Waals surface area contributed by atoms with Gasteiger partial charge in [0, 0.05) is 12.3 Å². The summed E-state index contributed by atoms with van der Waals surface area (Å²) in [6, 6.07) is 11.1. The highest BCUT2D eigenvalue weighted by atomic mass is 16.5. The van der Waals surface area contributed by atoms with E-state index in [0.29, 0.717) is 28.9 Å². The van der Waals surface area contributed by atoms with Gasteiger partial charge in [0.2, 0.25) is 5.88 Å². The Hall–Kier alpha value is -3.02. The molecule has 0 saturated heterocycles. The molecule has 0 amide bonds. The highest BCUT2D eigenvalue weighted by Gasteiger charge is 2.05. The number of methoxy groups -OCH3 is 1. The molecule has 3 aromatic heterocycles. The molecule has 6 heteroatoms. The van der Waals surface area contributed by atoms with E-state index in [1.165, 1.54) is 0 Å². The first kappa shape index (κ1) is 13.0. The Morgan fingerprint density at radius 2 is 1.86 bits per heavy atom. The molecule has 3 heterocycles. The fraction of sp³-hybridized carbons (Fsp3) is 0.0667. The van der Waals surface area contributed by atoms with Gasteiger partial charge in [0.15, 0.2) is 5.82 Å². The summed E-state index contributed by atoms with van der Waals surface area (Å²) in [5, 5.41) is 3.10. The molecule has 0 aliphatic heterocycles. The van der Waals surface area contributed by atoms with Crippen LogP contribution >= 0.6 is 0 Å². The minimum Gasteiger partial charge on any atom is -0.481 e. The van der Waals surface area contributed by atoms with Crippen molar-refractivity contribution in [1.82, 2.24) is 19.9 Å². The van der Waals surface area contributed by atoms with Crippen LogP contribution in [0.25, 0.3) is 11.4 Å². The van der Waals surface area contributed by atoms with Gasteiger partial charge in [-0.1, -0.05) is 12.1 Å². The van der Waals surface area contributed by atoms with Crippen LogP contribution in [0.3, 0.4) is 0 Å². The Balaban J connectivity index is 1.89. The molecule has 0 aliphatic carbocycles. The van der Waals surface area contributed by atoms with E-state index < -0.39 is 0 Å². The quantitative estimate of drug-likeness (QED) is 0.791. The third kappa shape index (κ3) is 3.11. The van der Waals surface area contributed by atoms with Gasteiger partial charge in [-0.15, -0.1) is 0 Å². The fourth-order valence-electron chi connectivity index (χ4n) is 1.79. The second-order valence-electron chi connectivity index (χ2n) is 4.19. The van der Waals surface area contributed by atoms with Crippen molar-refractivity contribution in [2.75, 3.05) is 12.4 Å². The Kier molecular flexibility index (Phi) is 3.68. The summed E-state index contributed by atoms with van der Waals surface area (Å²) < 4.78 is 5.12. The van der Waals surface area contributed by atoms with Crippen LogP contribution in [0.1, 0.15) is 0 Å². The average Bonchev–Trinajstić information content (AvgIpc) is 2.56. The second kappa shape index (κ2) is 5.96. The minimum atomic E-state index is 0.539. The van der Waals surface area contributed by atoms with Crippen LogP contribution in [-0.4, -0.2) is 27.0 Å². The summed E-state index contributed by atoms with van der Waals surface area (Å²) in [5.74, 6) is 1.86. The number of hydrogen-bond donors (Lipinski definition) is 1. The van der Waals surface area contributed by atoms with Crippen LogP contribution in [0.5, 0.6) is 5.88 Å². The van der Waals surface area contributed by atoms with Crippen molar-refractivity contribution >= 4 is 11.6 Å². The van der Waals surface area contributed by atoms with Crippen molar-refractivity contribution in [3.8, 4) is 17.3 Å². The van der Waals surface area contributed by atoms with Crippen molar-refractivity contribution < 1.29 is 4.74 Å². The predicted molar refractivity (Wildman–Crippen MR) is 79.3 cm³/mol. The van der Waals surface area contributed by atoms with E-state index in [0.717, 1.165) is 0 Å². The monoisotopic (exact) mass is 279 g/mol. The van der Waals surface area contributed by atoms with E-state index in [4.69, 9.17) is 4.74 Å². The zero-order valence-electron chi connectivity index (χ0n) is 11.4. The molecule has 0 unspecified atom stereocenters. The van der Waals surface area contributed by atoms with Crippen LogP contribution in [0.2, 0.25) is 0 Å². The molecule has 0 fully saturated rings. The number of rotatable bonds is 4. The summed E-state index contributed by atoms with van der Waals surface area (Å²) in [4.78, 5) is 17.2. The van der Waals surface area contributed by atoms with E-state index in [9.17, 15) is 0 Å². The zero-order valence-corrected chi connectivity index (χ0v) is 11.4. The van der Waals surface area contributed by atoms with Crippen molar-refractivity contribution in [2.45, 2.75) is 0 Å². The van der Waals surface area contributed by atoms with E-state index in [-0.39, 0.29) is 0 Å². The third-order valence-electron chi connectivity index (χ3n) is 2.75. The Morgan fingerprint density at radius 1 is 0.905 bits per heavy atom. The van der Waals surface area contributed by atoms with Gasteiger partial charge in [-0.3, -0.25) is 4.98 Å². The molecule has 104 valence electrons. The topological polar surface area (TPSA) is 72.8 Å². The Morgan fingerprint density at radius 3 is 2.67 bits per heavy atom. The van der Waals surface area contributed by atoms with Gasteiger partial charge in [-0.2, -0.15) is 0 Å². The minimum absolute atomic E-state index is 0.539. The first-order valence-electron chi connectivity index (χ1n) is 6.37. The summed E-state index contributed by atoms with van der Waals surface area (Å²) in [6.07, 6.45) is 5.01. The number of ether oxygens (including phenoxy) is 1. The predicted octanol–water partition coefficient (Wildman–Crippen LogP) is 2.69. The van der Waals surface area contributed by atoms with Crippen LogP contribution < -0.4 is 10.1 Å². The van der Waals surface area contributed by atoms with Crippen molar-refractivity contribution in [2.24, 2.45) is 0 Å². The smallest absolute Gasteiger partial charge is 0.213 e. The molecule has 0 aromatic carbocycles. The first-order valence-corrected chi connectivity index (χ1v) is 6.37. The largest absolute Gasteiger partial charge is 0.481 e. The lowest BCUT2D eigenvalue weighted by Gasteiger charge is -2.06. The molecule has 0 spiro atoms. The molecule has 0 bridgehead atoms. The van der Waals surface area contributed by atoms with Gasteiger partial charge in [-0.25, -0.2) is 15.0 Å². The summed E-state index contributed by atoms with van der Waals surface area (Å²) in [7, 11) is 1.58. The SMILES string of the molecule is COc1cccc(-c2cncc(Nc3ccccn3)n2)n1. The molecule has 0 radical (unpaired) electrons. The van der Waals surface area contributed by atoms with Gasteiger partial charge in [-0.05, 0) is 18.2 Å². The first-order chi connectivity index (χ1) is 10.3. The Bertz CT molecular complexity index is 733. The lowest BCUT2D eigenvalue weighted by molar-refractivity contribution is 0.398. The molecule has 1 N–H and O–H groups in total. The number of nitrogens with zero attached hydrogens (tertiary/aromatic N) is 4. The lowest BCUT2D eigenvalue weighted by atomic mass is 10.3. The molecule has 0 atom stereocenters. The maximum absolute atomic E-state index is 5.12. The molecule has 0 aliphatic rings. The number of pyridine rings is 2. The average molecular weight is 279 g/mol. The van der Waals surface area contributed by atoms with Gasteiger partial charge < -0.3 is 10.1 Å². The standard InChI is InChI=1S/C15H13N5O/c1-21-15-7-4-5-11(19-15)12-9-16-10-14(18-12)20-13-6-2-3-8-17-13/h2-10H,1H3,(H,17,18,20). The van der Waals surface area contributed by atoms with Gasteiger partial charge >= 0.3 is 0 Å². The van der Waals surface area contributed by atoms with Crippen molar-refractivity contribution in [1.29, 1.82) is 0 Å². The number of nitrogens with one attached hydrogen (secondary N) is 1. The zero-order chi connectivity index (χ0) is 14.5. The molecular weight excluding hydrogens is 266 g/mol. The van der Waals surface area contributed by atoms with E-state index in [2.05, 4.69) is 25.3 Å². The third-order valence-corrected chi connectivity index (χ3v) is 2.75. The lowest BCUT2D eigenvalue weighted by Crippen LogP contribution is -1.98. The summed E-state index contributed by atoms with van der Waals surface area (Å²) in [5.41, 5.74) is 1.36. The normalized spacial score (nSPS) is 10.1. The van der Waals surface area contributed by atoms with Crippen LogP contribution in [0, 0.1) is 0 Å². The van der Waals surface area contributed by atoms with Gasteiger partial charge in [0.1, 0.15) is 11.5 Å². The number of anilines is 2. The van der Waals surface area contributed by atoms with E-state index in [1.54, 1.807) is 31.8 Å². The maximum atomic E-state index is 5.12. The molecular formula is C15H13N5O. The number of aromatic nitrogens is 4. The van der Waals surface area contributed by atoms with Crippen LogP contribution in [0.4, 0.5) is 11.6 Å². The molecule has 6 nitrogen and oxygen atoms in total. The molecule has 21 heavy (non-hydrogen) atoms. The summed E-state index contributed by atoms with van der Waals surface area (Å²) >= 11 is 0. The Labute approximate surface area is 121 Å². The molecule has 0 saturated carbocycles. The molecule has 3 aromatic rings. The van der Waals surface area contributed by atoms with Gasteiger partial charge in [0.05, 0.1) is 25.2 Å². The highest BCUT2D eigenvalue weighted by molar-refractivity contribution is 5.58. The fourth-order valence-corrected chi connectivity index (χ4v) is 1.79. The van der Waals surface area contributed by atoms with Gasteiger partial charge in [0.25, 0.3) is 0 Å². The highest BCUT2D eigenvalue weighted by Crippen LogP contribution is 2.19. The van der Waals surface area contributed by atoms with Crippen molar-refractivity contribution in [3.05, 3.63) is 55.0 Å².